The Morgan fingerprint density at radius 1 is 1.28 bits per heavy atom. The molecule has 2 heteroatoms. The maximum absolute atomic E-state index is 3.72. The quantitative estimate of drug-likeness (QED) is 0.872. The van der Waals surface area contributed by atoms with Crippen LogP contribution in [0.2, 0.25) is 0 Å². The van der Waals surface area contributed by atoms with E-state index in [1.54, 1.807) is 0 Å². The Labute approximate surface area is 109 Å². The van der Waals surface area contributed by atoms with Crippen molar-refractivity contribution < 1.29 is 0 Å². The first-order chi connectivity index (χ1) is 8.74. The van der Waals surface area contributed by atoms with Crippen LogP contribution in [0.4, 0.5) is 0 Å². The van der Waals surface area contributed by atoms with Crippen molar-refractivity contribution >= 4 is 10.9 Å². The van der Waals surface area contributed by atoms with Gasteiger partial charge in [-0.2, -0.15) is 0 Å². The Balaban J connectivity index is 1.75. The minimum Gasteiger partial charge on any atom is -0.350 e. The van der Waals surface area contributed by atoms with E-state index in [9.17, 15) is 0 Å². The fourth-order valence-electron chi connectivity index (χ4n) is 3.21. The molecule has 1 aromatic carbocycles. The Morgan fingerprint density at radius 2 is 2.11 bits per heavy atom. The monoisotopic (exact) mass is 242 g/mol. The predicted molar refractivity (Wildman–Crippen MR) is 76.6 cm³/mol. The summed E-state index contributed by atoms with van der Waals surface area (Å²) < 4.78 is 2.23. The maximum Gasteiger partial charge on any atom is 0.0481 e. The van der Waals surface area contributed by atoms with E-state index in [0.717, 1.165) is 18.5 Å². The van der Waals surface area contributed by atoms with Crippen molar-refractivity contribution in [3.05, 3.63) is 36.0 Å². The lowest BCUT2D eigenvalue weighted by atomic mass is 10.1. The fraction of sp³-hybridized carbons (Fsp3) is 0.500. The maximum atomic E-state index is 3.72. The van der Waals surface area contributed by atoms with Crippen LogP contribution in [0.3, 0.4) is 0 Å². The molecule has 96 valence electrons. The molecule has 0 bridgehead atoms. The van der Waals surface area contributed by atoms with Crippen LogP contribution in [0.5, 0.6) is 0 Å². The minimum atomic E-state index is 0.721. The summed E-state index contributed by atoms with van der Waals surface area (Å²) in [5.74, 6) is 0.898. The SMILES string of the molecule is CC1CCC(NCc2cn(C)c3ccccc23)C1. The molecule has 3 rings (SSSR count). The molecular weight excluding hydrogens is 220 g/mol. The van der Waals surface area contributed by atoms with Gasteiger partial charge in [-0.15, -0.1) is 0 Å². The number of hydrogen-bond acceptors (Lipinski definition) is 1. The summed E-state index contributed by atoms with van der Waals surface area (Å²) in [6.45, 7) is 3.36. The van der Waals surface area contributed by atoms with E-state index in [4.69, 9.17) is 0 Å². The van der Waals surface area contributed by atoms with Gasteiger partial charge in [0, 0.05) is 36.7 Å². The van der Waals surface area contributed by atoms with Crippen LogP contribution in [-0.2, 0) is 13.6 Å². The van der Waals surface area contributed by atoms with Gasteiger partial charge in [0.1, 0.15) is 0 Å². The average Bonchev–Trinajstić information content (AvgIpc) is 2.92. The molecule has 2 unspecified atom stereocenters. The first kappa shape index (κ1) is 11.8. The zero-order chi connectivity index (χ0) is 12.5. The average molecular weight is 242 g/mol. The molecule has 1 fully saturated rings. The van der Waals surface area contributed by atoms with Gasteiger partial charge in [0.2, 0.25) is 0 Å². The zero-order valence-electron chi connectivity index (χ0n) is 11.3. The molecule has 2 aromatic rings. The summed E-state index contributed by atoms with van der Waals surface area (Å²) in [4.78, 5) is 0. The summed E-state index contributed by atoms with van der Waals surface area (Å²) >= 11 is 0. The standard InChI is InChI=1S/C16H22N2/c1-12-7-8-14(9-12)17-10-13-11-18(2)16-6-4-3-5-15(13)16/h3-6,11-12,14,17H,7-10H2,1-2H3. The highest BCUT2D eigenvalue weighted by molar-refractivity contribution is 5.83. The van der Waals surface area contributed by atoms with Crippen LogP contribution >= 0.6 is 0 Å². The second-order valence-corrected chi connectivity index (χ2v) is 5.78. The number of nitrogens with zero attached hydrogens (tertiary/aromatic N) is 1. The molecule has 0 amide bonds. The van der Waals surface area contributed by atoms with Crippen LogP contribution in [0.25, 0.3) is 10.9 Å². The number of fused-ring (bicyclic) bond motifs is 1. The number of hydrogen-bond donors (Lipinski definition) is 1. The van der Waals surface area contributed by atoms with Crippen LogP contribution < -0.4 is 5.32 Å². The number of benzene rings is 1. The van der Waals surface area contributed by atoms with Gasteiger partial charge < -0.3 is 9.88 Å². The number of para-hydroxylation sites is 1. The lowest BCUT2D eigenvalue weighted by Gasteiger charge is -2.11. The van der Waals surface area contributed by atoms with E-state index >= 15 is 0 Å². The van der Waals surface area contributed by atoms with Gasteiger partial charge in [0.05, 0.1) is 0 Å². The van der Waals surface area contributed by atoms with E-state index in [2.05, 4.69) is 54.3 Å². The van der Waals surface area contributed by atoms with Crippen molar-refractivity contribution in [3.63, 3.8) is 0 Å². The number of rotatable bonds is 3. The summed E-state index contributed by atoms with van der Waals surface area (Å²) in [5, 5.41) is 5.11. The normalized spacial score (nSPS) is 23.9. The first-order valence-electron chi connectivity index (χ1n) is 7.00. The number of aromatic nitrogens is 1. The lowest BCUT2D eigenvalue weighted by Crippen LogP contribution is -2.25. The van der Waals surface area contributed by atoms with Crippen molar-refractivity contribution in [2.75, 3.05) is 0 Å². The van der Waals surface area contributed by atoms with Gasteiger partial charge in [-0.1, -0.05) is 25.1 Å². The number of aryl methyl sites for hydroxylation is 1. The van der Waals surface area contributed by atoms with E-state index in [-0.39, 0.29) is 0 Å². The second kappa shape index (κ2) is 4.77. The summed E-state index contributed by atoms with van der Waals surface area (Å²) in [7, 11) is 2.13. The molecule has 1 aliphatic rings. The van der Waals surface area contributed by atoms with Crippen LogP contribution in [-0.4, -0.2) is 10.6 Å². The van der Waals surface area contributed by atoms with Crippen molar-refractivity contribution in [1.29, 1.82) is 0 Å². The molecule has 0 saturated heterocycles. The Kier molecular flexibility index (Phi) is 3.13. The van der Waals surface area contributed by atoms with Gasteiger partial charge in [-0.05, 0) is 36.8 Å². The van der Waals surface area contributed by atoms with Crippen LogP contribution in [0.15, 0.2) is 30.5 Å². The third-order valence-electron chi connectivity index (χ3n) is 4.26. The molecule has 1 saturated carbocycles. The van der Waals surface area contributed by atoms with Crippen molar-refractivity contribution in [3.8, 4) is 0 Å². The molecular formula is C16H22N2. The number of nitrogens with one attached hydrogen (secondary N) is 1. The highest BCUT2D eigenvalue weighted by Crippen LogP contribution is 2.26. The topological polar surface area (TPSA) is 17.0 Å². The summed E-state index contributed by atoms with van der Waals surface area (Å²) in [6, 6.07) is 9.38. The third-order valence-corrected chi connectivity index (χ3v) is 4.26. The van der Waals surface area contributed by atoms with Gasteiger partial charge in [0.25, 0.3) is 0 Å². The van der Waals surface area contributed by atoms with E-state index in [0.29, 0.717) is 0 Å². The zero-order valence-corrected chi connectivity index (χ0v) is 11.3. The lowest BCUT2D eigenvalue weighted by molar-refractivity contribution is 0.503. The van der Waals surface area contributed by atoms with E-state index in [1.807, 2.05) is 0 Å². The molecule has 1 aliphatic carbocycles. The smallest absolute Gasteiger partial charge is 0.0481 e. The second-order valence-electron chi connectivity index (χ2n) is 5.78. The summed E-state index contributed by atoms with van der Waals surface area (Å²) in [6.07, 6.45) is 6.32. The Bertz CT molecular complexity index is 541. The largest absolute Gasteiger partial charge is 0.350 e. The van der Waals surface area contributed by atoms with Gasteiger partial charge in [-0.25, -0.2) is 0 Å². The van der Waals surface area contributed by atoms with E-state index < -0.39 is 0 Å². The highest BCUT2D eigenvalue weighted by atomic mass is 14.9. The Morgan fingerprint density at radius 3 is 2.89 bits per heavy atom. The van der Waals surface area contributed by atoms with Crippen LogP contribution in [0, 0.1) is 5.92 Å². The molecule has 0 aliphatic heterocycles. The van der Waals surface area contributed by atoms with E-state index in [1.165, 1.54) is 35.7 Å². The van der Waals surface area contributed by atoms with Crippen molar-refractivity contribution in [1.82, 2.24) is 9.88 Å². The Hall–Kier alpha value is -1.28. The predicted octanol–water partition coefficient (Wildman–Crippen LogP) is 3.46. The molecule has 1 heterocycles. The highest BCUT2D eigenvalue weighted by Gasteiger charge is 2.20. The first-order valence-corrected chi connectivity index (χ1v) is 7.00. The molecule has 1 aromatic heterocycles. The molecule has 2 atom stereocenters. The van der Waals surface area contributed by atoms with Gasteiger partial charge in [-0.3, -0.25) is 0 Å². The van der Waals surface area contributed by atoms with Gasteiger partial charge >= 0.3 is 0 Å². The molecule has 2 nitrogen and oxygen atoms in total. The minimum absolute atomic E-state index is 0.721. The van der Waals surface area contributed by atoms with Gasteiger partial charge in [0.15, 0.2) is 0 Å². The fourth-order valence-corrected chi connectivity index (χ4v) is 3.21. The molecule has 1 N–H and O–H groups in total. The van der Waals surface area contributed by atoms with Crippen molar-refractivity contribution in [2.24, 2.45) is 13.0 Å². The van der Waals surface area contributed by atoms with Crippen molar-refractivity contribution in [2.45, 2.75) is 38.8 Å². The summed E-state index contributed by atoms with van der Waals surface area (Å²) in [5.41, 5.74) is 2.75. The van der Waals surface area contributed by atoms with Crippen LogP contribution in [0.1, 0.15) is 31.7 Å². The molecule has 0 radical (unpaired) electrons. The molecule has 0 spiro atoms. The molecule has 18 heavy (non-hydrogen) atoms. The third kappa shape index (κ3) is 2.17.